The Bertz CT molecular complexity index is 592. The molecule has 1 saturated carbocycles. The van der Waals surface area contributed by atoms with E-state index >= 15 is 0 Å². The molecule has 3 rings (SSSR count). The highest BCUT2D eigenvalue weighted by atomic mass is 16.2. The Hall–Kier alpha value is -2.08. The van der Waals surface area contributed by atoms with E-state index in [0.717, 1.165) is 36.5 Å². The topological polar surface area (TPSA) is 65.9 Å². The van der Waals surface area contributed by atoms with Crippen LogP contribution in [0.5, 0.6) is 0 Å². The van der Waals surface area contributed by atoms with Crippen LogP contribution in [-0.2, 0) is 9.59 Å². The monoisotopic (exact) mass is 345 g/mol. The molecular weight excluding hydrogens is 316 g/mol. The summed E-state index contributed by atoms with van der Waals surface area (Å²) in [7, 11) is 1.87. The highest BCUT2D eigenvalue weighted by molar-refractivity contribution is 5.91. The maximum absolute atomic E-state index is 12.2. The molecule has 2 aliphatic rings. The second-order valence-corrected chi connectivity index (χ2v) is 7.30. The molecule has 1 atom stereocenters. The van der Waals surface area contributed by atoms with Gasteiger partial charge in [-0.15, -0.1) is 0 Å². The maximum Gasteiger partial charge on any atom is 0.279 e. The average Bonchev–Trinajstić information content (AvgIpc) is 3.39. The second-order valence-electron chi connectivity index (χ2n) is 7.30. The van der Waals surface area contributed by atoms with Crippen LogP contribution < -0.4 is 20.4 Å². The molecule has 6 nitrogen and oxygen atoms in total. The van der Waals surface area contributed by atoms with Crippen molar-refractivity contribution in [3.63, 3.8) is 0 Å². The summed E-state index contributed by atoms with van der Waals surface area (Å²) in [5.41, 5.74) is 2.03. The van der Waals surface area contributed by atoms with Crippen LogP contribution in [0.3, 0.4) is 0 Å². The quantitative estimate of drug-likeness (QED) is 0.671. The van der Waals surface area contributed by atoms with Crippen molar-refractivity contribution in [2.24, 2.45) is 0 Å². The predicted molar refractivity (Wildman–Crippen MR) is 98.9 cm³/mol. The minimum atomic E-state index is -0.0672. The number of nitrogens with one attached hydrogen (secondary N) is 3. The Kier molecular flexibility index (Phi) is 5.91. The third-order valence-electron chi connectivity index (χ3n) is 4.74. The van der Waals surface area contributed by atoms with Crippen molar-refractivity contribution in [3.8, 4) is 0 Å². The van der Waals surface area contributed by atoms with Gasteiger partial charge in [0.05, 0.1) is 7.05 Å². The van der Waals surface area contributed by atoms with Crippen LogP contribution in [0.4, 0.5) is 11.4 Å². The number of hydrogen-bond donors (Lipinski definition) is 3. The van der Waals surface area contributed by atoms with Crippen LogP contribution >= 0.6 is 0 Å². The van der Waals surface area contributed by atoms with Gasteiger partial charge in [-0.25, -0.2) is 0 Å². The van der Waals surface area contributed by atoms with Crippen molar-refractivity contribution in [1.29, 1.82) is 0 Å². The van der Waals surface area contributed by atoms with Crippen molar-refractivity contribution in [2.45, 2.75) is 38.1 Å². The van der Waals surface area contributed by atoms with Gasteiger partial charge in [0.2, 0.25) is 0 Å². The van der Waals surface area contributed by atoms with E-state index in [1.54, 1.807) is 0 Å². The molecule has 2 amide bonds. The Morgan fingerprint density at radius 2 is 1.68 bits per heavy atom. The molecular formula is C19H29N4O2+. The molecule has 136 valence electrons. The average molecular weight is 345 g/mol. The van der Waals surface area contributed by atoms with E-state index in [-0.39, 0.29) is 18.4 Å². The first-order valence-electron chi connectivity index (χ1n) is 9.36. The van der Waals surface area contributed by atoms with Crippen LogP contribution in [0.25, 0.3) is 0 Å². The fraction of sp³-hybridized carbons (Fsp3) is 0.579. The SMILES string of the molecule is C[NH+](CC(=O)Nc1ccc(N2CCCCC2)cc1)CC(=O)NC1CC1. The molecule has 0 spiro atoms. The summed E-state index contributed by atoms with van der Waals surface area (Å²) in [5, 5.41) is 5.87. The Labute approximate surface area is 149 Å². The lowest BCUT2D eigenvalue weighted by Crippen LogP contribution is -3.11. The number of carbonyl (C=O) groups is 2. The zero-order chi connectivity index (χ0) is 17.6. The molecule has 6 heteroatoms. The number of amides is 2. The van der Waals surface area contributed by atoms with E-state index in [9.17, 15) is 9.59 Å². The molecule has 3 N–H and O–H groups in total. The fourth-order valence-electron chi connectivity index (χ4n) is 3.23. The third-order valence-corrected chi connectivity index (χ3v) is 4.74. The first-order valence-corrected chi connectivity index (χ1v) is 9.36. The Morgan fingerprint density at radius 3 is 2.32 bits per heavy atom. The van der Waals surface area contributed by atoms with Crippen molar-refractivity contribution < 1.29 is 14.5 Å². The standard InChI is InChI=1S/C19H28N4O2/c1-22(13-18(24)20-15-5-6-15)14-19(25)21-16-7-9-17(10-8-16)23-11-3-2-4-12-23/h7-10,15H,2-6,11-14H2,1H3,(H,20,24)(H,21,25)/p+1. The van der Waals surface area contributed by atoms with Gasteiger partial charge in [-0.1, -0.05) is 0 Å². The molecule has 0 bridgehead atoms. The molecule has 2 fully saturated rings. The summed E-state index contributed by atoms with van der Waals surface area (Å²) in [6.45, 7) is 2.84. The minimum absolute atomic E-state index is 0.0266. The van der Waals surface area contributed by atoms with Gasteiger partial charge >= 0.3 is 0 Å². The molecule has 0 aromatic heterocycles. The molecule has 25 heavy (non-hydrogen) atoms. The van der Waals surface area contributed by atoms with Gasteiger partial charge in [0.15, 0.2) is 13.1 Å². The summed E-state index contributed by atoms with van der Waals surface area (Å²) in [5.74, 6) is -0.0406. The van der Waals surface area contributed by atoms with Gasteiger partial charge in [0.25, 0.3) is 11.8 Å². The summed E-state index contributed by atoms with van der Waals surface area (Å²) in [6, 6.07) is 8.42. The largest absolute Gasteiger partial charge is 0.372 e. The van der Waals surface area contributed by atoms with E-state index in [1.165, 1.54) is 24.9 Å². The molecule has 0 radical (unpaired) electrons. The maximum atomic E-state index is 12.2. The van der Waals surface area contributed by atoms with Gasteiger partial charge in [0.1, 0.15) is 0 Å². The zero-order valence-electron chi connectivity index (χ0n) is 15.0. The van der Waals surface area contributed by atoms with Crippen molar-refractivity contribution in [2.75, 3.05) is 43.4 Å². The van der Waals surface area contributed by atoms with Gasteiger partial charge in [-0.05, 0) is 56.4 Å². The lowest BCUT2D eigenvalue weighted by atomic mass is 10.1. The third kappa shape index (κ3) is 5.74. The first-order chi connectivity index (χ1) is 12.1. The van der Waals surface area contributed by atoms with E-state index in [4.69, 9.17) is 0 Å². The summed E-state index contributed by atoms with van der Waals surface area (Å²) < 4.78 is 0. The number of piperidine rings is 1. The van der Waals surface area contributed by atoms with E-state index in [1.807, 2.05) is 19.2 Å². The van der Waals surface area contributed by atoms with Crippen LogP contribution in [0.15, 0.2) is 24.3 Å². The van der Waals surface area contributed by atoms with Gasteiger partial charge in [-0.3, -0.25) is 9.59 Å². The molecule has 1 heterocycles. The van der Waals surface area contributed by atoms with Crippen LogP contribution in [0.1, 0.15) is 32.1 Å². The highest BCUT2D eigenvalue weighted by Crippen LogP contribution is 2.21. The Balaban J connectivity index is 1.42. The number of rotatable bonds is 7. The lowest BCUT2D eigenvalue weighted by molar-refractivity contribution is -0.862. The number of quaternary nitrogens is 1. The molecule has 1 aromatic carbocycles. The van der Waals surface area contributed by atoms with E-state index in [2.05, 4.69) is 27.7 Å². The molecule has 1 aliphatic carbocycles. The van der Waals surface area contributed by atoms with Gasteiger partial charge in [-0.2, -0.15) is 0 Å². The lowest BCUT2D eigenvalue weighted by Gasteiger charge is -2.28. The number of likely N-dealkylation sites (N-methyl/N-ethyl adjacent to an activating group) is 1. The number of anilines is 2. The molecule has 1 aromatic rings. The van der Waals surface area contributed by atoms with Gasteiger partial charge < -0.3 is 20.4 Å². The minimum Gasteiger partial charge on any atom is -0.372 e. The van der Waals surface area contributed by atoms with Crippen LogP contribution in [0.2, 0.25) is 0 Å². The summed E-state index contributed by atoms with van der Waals surface area (Å²) in [4.78, 5) is 27.2. The van der Waals surface area contributed by atoms with E-state index in [0.29, 0.717) is 12.6 Å². The van der Waals surface area contributed by atoms with Crippen molar-refractivity contribution in [3.05, 3.63) is 24.3 Å². The van der Waals surface area contributed by atoms with Crippen molar-refractivity contribution >= 4 is 23.2 Å². The number of nitrogens with zero attached hydrogens (tertiary/aromatic N) is 1. The summed E-state index contributed by atoms with van der Waals surface area (Å²) in [6.07, 6.45) is 5.99. The number of hydrogen-bond acceptors (Lipinski definition) is 3. The Morgan fingerprint density at radius 1 is 1.04 bits per heavy atom. The van der Waals surface area contributed by atoms with E-state index < -0.39 is 0 Å². The van der Waals surface area contributed by atoms with Crippen molar-refractivity contribution in [1.82, 2.24) is 5.32 Å². The van der Waals surface area contributed by atoms with Crippen LogP contribution in [-0.4, -0.2) is 51.1 Å². The highest BCUT2D eigenvalue weighted by Gasteiger charge is 2.24. The number of benzene rings is 1. The molecule has 1 saturated heterocycles. The van der Waals surface area contributed by atoms with Gasteiger partial charge in [0, 0.05) is 30.5 Å². The first kappa shape index (κ1) is 17.7. The predicted octanol–water partition coefficient (Wildman–Crippen LogP) is 0.409. The molecule has 1 unspecified atom stereocenters. The second kappa shape index (κ2) is 8.34. The normalized spacial score (nSPS) is 18.5. The zero-order valence-corrected chi connectivity index (χ0v) is 15.0. The van der Waals surface area contributed by atoms with Crippen LogP contribution in [0, 0.1) is 0 Å². The smallest absolute Gasteiger partial charge is 0.279 e. The summed E-state index contributed by atoms with van der Waals surface area (Å²) >= 11 is 0. The molecule has 1 aliphatic heterocycles. The fourth-order valence-corrected chi connectivity index (χ4v) is 3.23. The number of carbonyl (C=O) groups excluding carboxylic acids is 2.